The van der Waals surface area contributed by atoms with Gasteiger partial charge in [-0.25, -0.2) is 0 Å². The summed E-state index contributed by atoms with van der Waals surface area (Å²) in [6.45, 7) is 2.68. The highest BCUT2D eigenvalue weighted by atomic mass is 32.1. The number of methoxy groups -OCH3 is 1. The molecule has 0 amide bonds. The fraction of sp³-hybridized carbons (Fsp3) is 0.120. The van der Waals surface area contributed by atoms with Gasteiger partial charge in [-0.1, -0.05) is 48.5 Å². The molecule has 154 valence electrons. The Hall–Kier alpha value is -3.22. The van der Waals surface area contributed by atoms with Gasteiger partial charge in [0, 0.05) is 44.4 Å². The molecule has 0 bridgehead atoms. The Morgan fingerprint density at radius 1 is 0.677 bits per heavy atom. The van der Waals surface area contributed by atoms with Crippen LogP contribution in [-0.2, 0) is 0 Å². The molecular weight excluding hydrogens is 424 g/mol. The maximum Gasteiger partial charge on any atom is 0.129 e. The molecule has 0 saturated carbocycles. The van der Waals surface area contributed by atoms with E-state index in [4.69, 9.17) is 9.47 Å². The third kappa shape index (κ3) is 3.58. The number of hydrogen-bond acceptors (Lipinski definition) is 6. The van der Waals surface area contributed by atoms with Crippen LogP contribution >= 0.6 is 23.1 Å². The molecule has 0 aliphatic rings. The SMILES string of the molecule is CCOc1cc2nscc2c2ccccc12.COc1cc2nscc2c2ccccc12. The molecule has 4 aromatic carbocycles. The topological polar surface area (TPSA) is 44.2 Å². The molecule has 4 nitrogen and oxygen atoms in total. The first-order chi connectivity index (χ1) is 15.3. The van der Waals surface area contributed by atoms with Crippen molar-refractivity contribution >= 4 is 66.4 Å². The monoisotopic (exact) mass is 444 g/mol. The number of nitrogens with zero attached hydrogens (tertiary/aromatic N) is 2. The van der Waals surface area contributed by atoms with Crippen LogP contribution in [0.4, 0.5) is 0 Å². The van der Waals surface area contributed by atoms with E-state index in [-0.39, 0.29) is 0 Å². The number of ether oxygens (including phenoxy) is 2. The van der Waals surface area contributed by atoms with E-state index in [1.54, 1.807) is 7.11 Å². The van der Waals surface area contributed by atoms with E-state index < -0.39 is 0 Å². The Morgan fingerprint density at radius 3 is 1.68 bits per heavy atom. The molecule has 0 saturated heterocycles. The van der Waals surface area contributed by atoms with Crippen LogP contribution in [0.25, 0.3) is 43.4 Å². The van der Waals surface area contributed by atoms with Gasteiger partial charge in [0.2, 0.25) is 0 Å². The first kappa shape index (κ1) is 19.7. The lowest BCUT2D eigenvalue weighted by molar-refractivity contribution is 0.344. The van der Waals surface area contributed by atoms with Crippen molar-refractivity contribution in [1.29, 1.82) is 0 Å². The summed E-state index contributed by atoms with van der Waals surface area (Å²) < 4.78 is 19.7. The normalized spacial score (nSPS) is 11.0. The van der Waals surface area contributed by atoms with Gasteiger partial charge in [0.15, 0.2) is 0 Å². The lowest BCUT2D eigenvalue weighted by Gasteiger charge is -2.07. The molecule has 0 unspecified atom stereocenters. The van der Waals surface area contributed by atoms with Gasteiger partial charge in [-0.05, 0) is 40.8 Å². The van der Waals surface area contributed by atoms with Gasteiger partial charge >= 0.3 is 0 Å². The van der Waals surface area contributed by atoms with Gasteiger partial charge in [0.05, 0.1) is 24.8 Å². The molecule has 2 aromatic heterocycles. The van der Waals surface area contributed by atoms with E-state index in [1.165, 1.54) is 44.6 Å². The zero-order valence-electron chi connectivity index (χ0n) is 17.2. The smallest absolute Gasteiger partial charge is 0.129 e. The number of benzene rings is 4. The lowest BCUT2D eigenvalue weighted by Crippen LogP contribution is -1.92. The van der Waals surface area contributed by atoms with Crippen molar-refractivity contribution in [2.75, 3.05) is 13.7 Å². The highest BCUT2D eigenvalue weighted by molar-refractivity contribution is 7.05. The van der Waals surface area contributed by atoms with Crippen LogP contribution in [0.1, 0.15) is 6.92 Å². The minimum Gasteiger partial charge on any atom is -0.496 e. The summed E-state index contributed by atoms with van der Waals surface area (Å²) in [6.07, 6.45) is 0. The zero-order chi connectivity index (χ0) is 21.2. The Balaban J connectivity index is 0.000000132. The Kier molecular flexibility index (Phi) is 5.40. The molecule has 6 rings (SSSR count). The van der Waals surface area contributed by atoms with Crippen LogP contribution in [0.2, 0.25) is 0 Å². The summed E-state index contributed by atoms with van der Waals surface area (Å²) >= 11 is 2.97. The zero-order valence-corrected chi connectivity index (χ0v) is 18.8. The van der Waals surface area contributed by atoms with E-state index in [2.05, 4.69) is 49.8 Å². The molecule has 0 aliphatic heterocycles. The molecule has 0 radical (unpaired) electrons. The number of fused-ring (bicyclic) bond motifs is 6. The molecule has 2 heterocycles. The molecule has 0 fully saturated rings. The number of aromatic nitrogens is 2. The van der Waals surface area contributed by atoms with Gasteiger partial charge in [0.1, 0.15) is 11.5 Å². The molecule has 0 N–H and O–H groups in total. The van der Waals surface area contributed by atoms with E-state index >= 15 is 0 Å². The standard InChI is InChI=1S/C13H11NOS.C12H9NOS/c1-2-15-13-7-12-11(8-16-14-12)9-5-3-4-6-10(9)13;1-14-12-6-11-10(7-15-13-11)8-4-2-3-5-9(8)12/h3-8H,2H2,1H3;2-7H,1H3. The van der Waals surface area contributed by atoms with Crippen molar-refractivity contribution in [3.05, 3.63) is 71.4 Å². The van der Waals surface area contributed by atoms with E-state index in [1.807, 2.05) is 37.3 Å². The number of hydrogen-bond donors (Lipinski definition) is 0. The third-order valence-electron chi connectivity index (χ3n) is 5.22. The molecule has 0 atom stereocenters. The van der Waals surface area contributed by atoms with Crippen LogP contribution in [0, 0.1) is 0 Å². The predicted molar refractivity (Wildman–Crippen MR) is 132 cm³/mol. The summed E-state index contributed by atoms with van der Waals surface area (Å²) in [6, 6.07) is 20.6. The van der Waals surface area contributed by atoms with Gasteiger partial charge in [-0.2, -0.15) is 8.75 Å². The number of rotatable bonds is 3. The highest BCUT2D eigenvalue weighted by Crippen LogP contribution is 2.34. The van der Waals surface area contributed by atoms with E-state index in [9.17, 15) is 0 Å². The summed E-state index contributed by atoms with van der Waals surface area (Å²) in [4.78, 5) is 0. The highest BCUT2D eigenvalue weighted by Gasteiger charge is 2.09. The van der Waals surface area contributed by atoms with Gasteiger partial charge in [-0.15, -0.1) is 0 Å². The Labute approximate surface area is 188 Å². The van der Waals surface area contributed by atoms with Gasteiger partial charge in [0.25, 0.3) is 0 Å². The summed E-state index contributed by atoms with van der Waals surface area (Å²) in [5, 5.41) is 11.3. The third-order valence-corrected chi connectivity index (χ3v) is 6.50. The van der Waals surface area contributed by atoms with Crippen molar-refractivity contribution in [2.24, 2.45) is 0 Å². The van der Waals surface area contributed by atoms with Crippen LogP contribution in [0.3, 0.4) is 0 Å². The van der Waals surface area contributed by atoms with E-state index in [0.717, 1.165) is 33.3 Å². The maximum atomic E-state index is 5.66. The summed E-state index contributed by atoms with van der Waals surface area (Å²) in [5.74, 6) is 1.82. The minimum absolute atomic E-state index is 0.680. The fourth-order valence-electron chi connectivity index (χ4n) is 3.82. The molecule has 0 spiro atoms. The van der Waals surface area contributed by atoms with Crippen molar-refractivity contribution in [3.63, 3.8) is 0 Å². The largest absolute Gasteiger partial charge is 0.496 e. The first-order valence-corrected chi connectivity index (χ1v) is 11.7. The van der Waals surface area contributed by atoms with Crippen molar-refractivity contribution in [2.45, 2.75) is 6.92 Å². The van der Waals surface area contributed by atoms with Crippen LogP contribution in [-0.4, -0.2) is 22.5 Å². The Morgan fingerprint density at radius 2 is 1.16 bits per heavy atom. The van der Waals surface area contributed by atoms with Crippen molar-refractivity contribution in [3.8, 4) is 11.5 Å². The second-order valence-corrected chi connectivity index (χ2v) is 8.23. The van der Waals surface area contributed by atoms with Crippen molar-refractivity contribution in [1.82, 2.24) is 8.75 Å². The lowest BCUT2D eigenvalue weighted by atomic mass is 10.1. The quantitative estimate of drug-likeness (QED) is 0.287. The average Bonchev–Trinajstić information content (AvgIpc) is 3.49. The molecule has 6 heteroatoms. The van der Waals surface area contributed by atoms with Gasteiger partial charge < -0.3 is 9.47 Å². The maximum absolute atomic E-state index is 5.66. The average molecular weight is 445 g/mol. The minimum atomic E-state index is 0.680. The second kappa shape index (κ2) is 8.49. The van der Waals surface area contributed by atoms with Gasteiger partial charge in [-0.3, -0.25) is 0 Å². The fourth-order valence-corrected chi connectivity index (χ4v) is 5.16. The molecule has 31 heavy (non-hydrogen) atoms. The predicted octanol–water partition coefficient (Wildman–Crippen LogP) is 7.31. The van der Waals surface area contributed by atoms with Crippen LogP contribution < -0.4 is 9.47 Å². The van der Waals surface area contributed by atoms with Crippen molar-refractivity contribution < 1.29 is 9.47 Å². The van der Waals surface area contributed by atoms with Crippen LogP contribution in [0.15, 0.2) is 71.4 Å². The van der Waals surface area contributed by atoms with E-state index in [0.29, 0.717) is 6.61 Å². The second-order valence-electron chi connectivity index (χ2n) is 6.97. The summed E-state index contributed by atoms with van der Waals surface area (Å²) in [5.41, 5.74) is 2.03. The molecule has 0 aliphatic carbocycles. The van der Waals surface area contributed by atoms with Crippen LogP contribution in [0.5, 0.6) is 11.5 Å². The summed E-state index contributed by atoms with van der Waals surface area (Å²) in [7, 11) is 1.69. The molecule has 6 aromatic rings. The molecular formula is C25H20N2O2S2. The Bertz CT molecular complexity index is 1500. The first-order valence-electron chi connectivity index (χ1n) is 9.98.